The number of carbonyl (C=O) groups excluding carboxylic acids is 2. The zero-order chi connectivity index (χ0) is 17.3. The molecule has 8 heteroatoms. The third-order valence-electron chi connectivity index (χ3n) is 3.93. The second-order valence-corrected chi connectivity index (χ2v) is 5.28. The summed E-state index contributed by atoms with van der Waals surface area (Å²) in [6, 6.07) is 7.77. The van der Waals surface area contributed by atoms with E-state index >= 15 is 0 Å². The van der Waals surface area contributed by atoms with Crippen molar-refractivity contribution in [3.63, 3.8) is 0 Å². The zero-order valence-corrected chi connectivity index (χ0v) is 12.9. The minimum atomic E-state index is -0.883. The van der Waals surface area contributed by atoms with E-state index in [1.165, 1.54) is 19.4 Å². The molecule has 0 spiro atoms. The molecule has 124 valence electrons. The monoisotopic (exact) mass is 329 g/mol. The average Bonchev–Trinajstić information content (AvgIpc) is 2.82. The fraction of sp³-hybridized carbons (Fsp3) is 0.250. The van der Waals surface area contributed by atoms with Crippen molar-refractivity contribution in [1.29, 1.82) is 0 Å². The lowest BCUT2D eigenvalue weighted by molar-refractivity contribution is 0.0223. The fourth-order valence-corrected chi connectivity index (χ4v) is 2.74. The Morgan fingerprint density at radius 3 is 2.21 bits per heavy atom. The van der Waals surface area contributed by atoms with Gasteiger partial charge in [-0.2, -0.15) is 0 Å². The lowest BCUT2D eigenvalue weighted by Gasteiger charge is -2.20. The molecule has 0 fully saturated rings. The van der Waals surface area contributed by atoms with Crippen molar-refractivity contribution in [3.8, 4) is 0 Å². The van der Waals surface area contributed by atoms with Gasteiger partial charge in [0.15, 0.2) is 0 Å². The Kier molecular flexibility index (Phi) is 4.13. The van der Waals surface area contributed by atoms with Crippen LogP contribution in [0.25, 0.3) is 0 Å². The van der Waals surface area contributed by atoms with Gasteiger partial charge in [0.2, 0.25) is 0 Å². The minimum Gasteiger partial charge on any atom is -0.361 e. The molecule has 1 aliphatic heterocycles. The van der Waals surface area contributed by atoms with Crippen LogP contribution in [0, 0.1) is 0 Å². The van der Waals surface area contributed by atoms with Crippen molar-refractivity contribution >= 4 is 11.8 Å². The molecule has 0 aliphatic carbocycles. The fourth-order valence-electron chi connectivity index (χ4n) is 2.74. The maximum Gasteiger partial charge on any atom is 0.330 e. The van der Waals surface area contributed by atoms with Gasteiger partial charge in [0, 0.05) is 32.3 Å². The van der Waals surface area contributed by atoms with Crippen LogP contribution in [-0.2, 0) is 4.74 Å². The van der Waals surface area contributed by atoms with E-state index < -0.39 is 17.5 Å². The molecule has 2 heterocycles. The van der Waals surface area contributed by atoms with E-state index in [-0.39, 0.29) is 24.8 Å². The molecule has 1 aliphatic rings. The second kappa shape index (κ2) is 6.25. The number of aromatic nitrogens is 2. The highest BCUT2D eigenvalue weighted by atomic mass is 16.5. The highest BCUT2D eigenvalue weighted by Gasteiger charge is 2.35. The third-order valence-corrected chi connectivity index (χ3v) is 3.93. The smallest absolute Gasteiger partial charge is 0.330 e. The summed E-state index contributed by atoms with van der Waals surface area (Å²) in [5.41, 5.74) is -0.429. The van der Waals surface area contributed by atoms with Gasteiger partial charge in [-0.3, -0.25) is 19.3 Å². The number of hydrogen-bond donors (Lipinski definition) is 1. The largest absolute Gasteiger partial charge is 0.361 e. The summed E-state index contributed by atoms with van der Waals surface area (Å²) in [6.07, 6.45) is 0.485. The summed E-state index contributed by atoms with van der Waals surface area (Å²) in [5, 5.41) is 0. The quantitative estimate of drug-likeness (QED) is 0.799. The van der Waals surface area contributed by atoms with Gasteiger partial charge in [0.25, 0.3) is 17.4 Å². The van der Waals surface area contributed by atoms with Gasteiger partial charge in [0.05, 0.1) is 11.1 Å². The molecule has 0 saturated heterocycles. The number of hydrogen-bond acceptors (Lipinski definition) is 5. The minimum absolute atomic E-state index is 0.0334. The maximum atomic E-state index is 12.3. The van der Waals surface area contributed by atoms with Crippen LogP contribution < -0.4 is 11.2 Å². The summed E-state index contributed by atoms with van der Waals surface area (Å²) in [5.74, 6) is -0.778. The van der Waals surface area contributed by atoms with Crippen LogP contribution >= 0.6 is 0 Å². The van der Waals surface area contributed by atoms with Crippen LogP contribution in [0.3, 0.4) is 0 Å². The lowest BCUT2D eigenvalue weighted by atomic mass is 10.1. The number of aromatic amines is 1. The molecule has 1 unspecified atom stereocenters. The number of nitrogens with zero attached hydrogens (tertiary/aromatic N) is 2. The highest BCUT2D eigenvalue weighted by molar-refractivity contribution is 6.21. The SMILES string of the molecule is COC(CCN1C(=O)c2ccccc2C1=O)n1c(=O)cc[nH]c1=O. The first-order valence-electron chi connectivity index (χ1n) is 7.33. The molecule has 8 nitrogen and oxygen atoms in total. The zero-order valence-electron chi connectivity index (χ0n) is 12.9. The molecule has 1 aromatic carbocycles. The average molecular weight is 329 g/mol. The Morgan fingerprint density at radius 1 is 1.04 bits per heavy atom. The van der Waals surface area contributed by atoms with Crippen LogP contribution in [0.5, 0.6) is 0 Å². The van der Waals surface area contributed by atoms with Crippen LogP contribution in [0.4, 0.5) is 0 Å². The van der Waals surface area contributed by atoms with E-state index in [9.17, 15) is 19.2 Å². The van der Waals surface area contributed by atoms with Gasteiger partial charge in [0.1, 0.15) is 6.23 Å². The van der Waals surface area contributed by atoms with Gasteiger partial charge >= 0.3 is 5.69 Å². The van der Waals surface area contributed by atoms with E-state index in [0.29, 0.717) is 11.1 Å². The third kappa shape index (κ3) is 2.56. The van der Waals surface area contributed by atoms with Crippen molar-refractivity contribution in [2.24, 2.45) is 0 Å². The Hall–Kier alpha value is -3.00. The first-order chi connectivity index (χ1) is 11.5. The Labute approximate surface area is 136 Å². The van der Waals surface area contributed by atoms with Gasteiger partial charge in [-0.05, 0) is 12.1 Å². The first-order valence-corrected chi connectivity index (χ1v) is 7.33. The van der Waals surface area contributed by atoms with E-state index in [4.69, 9.17) is 4.74 Å². The van der Waals surface area contributed by atoms with Gasteiger partial charge < -0.3 is 9.72 Å². The van der Waals surface area contributed by atoms with E-state index in [1.807, 2.05) is 0 Å². The van der Waals surface area contributed by atoms with Crippen LogP contribution in [0.2, 0.25) is 0 Å². The number of imide groups is 1. The molecule has 0 saturated carbocycles. The molecule has 1 atom stereocenters. The summed E-state index contributed by atoms with van der Waals surface area (Å²) >= 11 is 0. The molecular formula is C16H15N3O5. The van der Waals surface area contributed by atoms with E-state index in [0.717, 1.165) is 9.47 Å². The van der Waals surface area contributed by atoms with Crippen molar-refractivity contribution in [1.82, 2.24) is 14.5 Å². The number of H-pyrrole nitrogens is 1. The van der Waals surface area contributed by atoms with E-state index in [2.05, 4.69) is 4.98 Å². The molecule has 1 N–H and O–H groups in total. The number of ether oxygens (including phenoxy) is 1. The topological polar surface area (TPSA) is 101 Å². The summed E-state index contributed by atoms with van der Waals surface area (Å²) in [6.45, 7) is 0.0334. The lowest BCUT2D eigenvalue weighted by Crippen LogP contribution is -2.40. The first kappa shape index (κ1) is 15.9. The number of fused-ring (bicyclic) bond motifs is 1. The molecule has 0 radical (unpaired) electrons. The molecule has 2 aromatic rings. The van der Waals surface area contributed by atoms with Gasteiger partial charge in [-0.25, -0.2) is 9.36 Å². The van der Waals surface area contributed by atoms with Crippen LogP contribution in [-0.4, -0.2) is 39.9 Å². The second-order valence-electron chi connectivity index (χ2n) is 5.28. The summed E-state index contributed by atoms with van der Waals surface area (Å²) in [7, 11) is 1.35. The van der Waals surface area contributed by atoms with Crippen molar-refractivity contribution < 1.29 is 14.3 Å². The summed E-state index contributed by atoms with van der Waals surface area (Å²) < 4.78 is 6.11. The maximum absolute atomic E-state index is 12.3. The van der Waals surface area contributed by atoms with Crippen molar-refractivity contribution in [2.75, 3.05) is 13.7 Å². The number of amides is 2. The molecule has 2 amide bonds. The van der Waals surface area contributed by atoms with E-state index in [1.54, 1.807) is 24.3 Å². The normalized spacial score (nSPS) is 14.8. The van der Waals surface area contributed by atoms with Crippen LogP contribution in [0.1, 0.15) is 33.4 Å². The standard InChI is InChI=1S/C16H15N3O5/c1-24-13(19-12(20)6-8-17-16(19)23)7-9-18-14(21)10-4-2-3-5-11(10)15(18)22/h2-6,8,13H,7,9H2,1H3,(H,17,23). The summed E-state index contributed by atoms with van der Waals surface area (Å²) in [4.78, 5) is 51.8. The highest BCUT2D eigenvalue weighted by Crippen LogP contribution is 2.23. The molecule has 24 heavy (non-hydrogen) atoms. The predicted molar refractivity (Wildman–Crippen MR) is 83.8 cm³/mol. The number of benzene rings is 1. The van der Waals surface area contributed by atoms with Gasteiger partial charge in [-0.15, -0.1) is 0 Å². The van der Waals surface area contributed by atoms with Crippen LogP contribution in [0.15, 0.2) is 46.1 Å². The Morgan fingerprint density at radius 2 is 1.67 bits per heavy atom. The number of rotatable bonds is 5. The number of methoxy groups -OCH3 is 1. The van der Waals surface area contributed by atoms with Gasteiger partial charge in [-0.1, -0.05) is 12.1 Å². The predicted octanol–water partition coefficient (Wildman–Crippen LogP) is 0.368. The Bertz CT molecular complexity index is 851. The molecule has 3 rings (SSSR count). The molecule has 1 aromatic heterocycles. The number of carbonyl (C=O) groups is 2. The Balaban J connectivity index is 1.81. The van der Waals surface area contributed by atoms with Crippen molar-refractivity contribution in [2.45, 2.75) is 12.6 Å². The van der Waals surface area contributed by atoms with Crippen molar-refractivity contribution in [3.05, 3.63) is 68.5 Å². The number of nitrogens with one attached hydrogen (secondary N) is 1. The molecular weight excluding hydrogens is 314 g/mol. The molecule has 0 bridgehead atoms.